The summed E-state index contributed by atoms with van der Waals surface area (Å²) in [6.07, 6.45) is 0. The van der Waals surface area contributed by atoms with Crippen LogP contribution in [0.15, 0.2) is 47.2 Å². The fourth-order valence-corrected chi connectivity index (χ4v) is 4.27. The molecule has 3 heterocycles. The Balaban J connectivity index is 1.47. The van der Waals surface area contributed by atoms with Crippen LogP contribution in [0.2, 0.25) is 0 Å². The number of hydrogen-bond acceptors (Lipinski definition) is 4. The van der Waals surface area contributed by atoms with Crippen molar-refractivity contribution >= 4 is 23.2 Å². The molecule has 25 heavy (non-hydrogen) atoms. The third kappa shape index (κ3) is 3.45. The van der Waals surface area contributed by atoms with Gasteiger partial charge in [-0.15, -0.1) is 0 Å². The van der Waals surface area contributed by atoms with Crippen molar-refractivity contribution < 1.29 is 9.59 Å². The van der Waals surface area contributed by atoms with Crippen LogP contribution in [-0.2, 0) is 22.7 Å². The Morgan fingerprint density at radius 3 is 2.60 bits per heavy atom. The molecular formula is C19H21N3O2S. The van der Waals surface area contributed by atoms with E-state index in [4.69, 9.17) is 0 Å². The van der Waals surface area contributed by atoms with Crippen LogP contribution in [0.1, 0.15) is 11.1 Å². The monoisotopic (exact) mass is 355 g/mol. The molecule has 0 aliphatic carbocycles. The van der Waals surface area contributed by atoms with Crippen molar-refractivity contribution in [3.05, 3.63) is 58.3 Å². The Morgan fingerprint density at radius 1 is 1.00 bits per heavy atom. The molecule has 130 valence electrons. The van der Waals surface area contributed by atoms with Crippen molar-refractivity contribution in [1.82, 2.24) is 14.7 Å². The molecule has 2 saturated heterocycles. The molecule has 2 fully saturated rings. The quantitative estimate of drug-likeness (QED) is 0.840. The molecule has 2 aliphatic heterocycles. The fraction of sp³-hybridized carbons (Fsp3) is 0.368. The lowest BCUT2D eigenvalue weighted by Crippen LogP contribution is -2.66. The summed E-state index contributed by atoms with van der Waals surface area (Å²) in [5.74, 6) is 0.134. The summed E-state index contributed by atoms with van der Waals surface area (Å²) in [5, 5.41) is 4.21. The average Bonchev–Trinajstić information content (AvgIpc) is 3.13. The molecule has 0 spiro atoms. The van der Waals surface area contributed by atoms with Crippen LogP contribution in [0, 0.1) is 0 Å². The molecule has 1 aromatic heterocycles. The van der Waals surface area contributed by atoms with Gasteiger partial charge in [-0.1, -0.05) is 30.3 Å². The van der Waals surface area contributed by atoms with Crippen molar-refractivity contribution in [3.63, 3.8) is 0 Å². The first-order valence-electron chi connectivity index (χ1n) is 8.56. The molecular weight excluding hydrogens is 334 g/mol. The Labute approximate surface area is 151 Å². The van der Waals surface area contributed by atoms with Crippen LogP contribution in [0.3, 0.4) is 0 Å². The van der Waals surface area contributed by atoms with E-state index in [9.17, 15) is 9.59 Å². The number of fused-ring (bicyclic) bond motifs is 1. The van der Waals surface area contributed by atoms with E-state index in [1.165, 1.54) is 5.56 Å². The van der Waals surface area contributed by atoms with Gasteiger partial charge in [0, 0.05) is 32.7 Å². The predicted molar refractivity (Wildman–Crippen MR) is 97.0 cm³/mol. The van der Waals surface area contributed by atoms with Crippen molar-refractivity contribution in [2.45, 2.75) is 19.1 Å². The zero-order valence-electron chi connectivity index (χ0n) is 14.0. The van der Waals surface area contributed by atoms with Gasteiger partial charge in [0.25, 0.3) is 0 Å². The Hall–Kier alpha value is -2.18. The Kier molecular flexibility index (Phi) is 4.55. The summed E-state index contributed by atoms with van der Waals surface area (Å²) in [5.41, 5.74) is 2.33. The zero-order chi connectivity index (χ0) is 17.2. The lowest BCUT2D eigenvalue weighted by atomic mass is 10.1. The number of hydrogen-bond donors (Lipinski definition) is 0. The molecule has 2 aliphatic rings. The average molecular weight is 355 g/mol. The molecule has 0 N–H and O–H groups in total. The van der Waals surface area contributed by atoms with Gasteiger partial charge in [-0.25, -0.2) is 0 Å². The maximum absolute atomic E-state index is 13.0. The number of piperazine rings is 2. The first kappa shape index (κ1) is 16.3. The van der Waals surface area contributed by atoms with Crippen LogP contribution >= 0.6 is 11.3 Å². The Bertz CT molecular complexity index is 747. The SMILES string of the molecule is O=C1C2CN(Cc3ccsc3)CCN2C(=O)CN1Cc1ccccc1. The standard InChI is InChI=1S/C19H21N3O2S/c23-18-13-21(11-15-4-2-1-3-5-15)19(24)17-12-20(7-8-22(17)18)10-16-6-9-25-14-16/h1-6,9,14,17H,7-8,10-13H2. The number of carbonyl (C=O) groups is 2. The van der Waals surface area contributed by atoms with E-state index in [0.717, 1.165) is 18.7 Å². The van der Waals surface area contributed by atoms with Crippen molar-refractivity contribution in [2.24, 2.45) is 0 Å². The maximum atomic E-state index is 13.0. The van der Waals surface area contributed by atoms with Gasteiger partial charge in [0.15, 0.2) is 0 Å². The highest BCUT2D eigenvalue weighted by molar-refractivity contribution is 7.07. The lowest BCUT2D eigenvalue weighted by Gasteiger charge is -2.46. The largest absolute Gasteiger partial charge is 0.327 e. The molecule has 0 bridgehead atoms. The van der Waals surface area contributed by atoms with Crippen LogP contribution in [0.4, 0.5) is 0 Å². The van der Waals surface area contributed by atoms with Gasteiger partial charge in [0.2, 0.25) is 11.8 Å². The van der Waals surface area contributed by atoms with Gasteiger partial charge in [-0.3, -0.25) is 14.5 Å². The van der Waals surface area contributed by atoms with Gasteiger partial charge >= 0.3 is 0 Å². The van der Waals surface area contributed by atoms with E-state index in [1.807, 2.05) is 30.3 Å². The number of carbonyl (C=O) groups excluding carboxylic acids is 2. The van der Waals surface area contributed by atoms with Gasteiger partial charge in [-0.2, -0.15) is 11.3 Å². The maximum Gasteiger partial charge on any atom is 0.247 e. The lowest BCUT2D eigenvalue weighted by molar-refractivity contribution is -0.160. The van der Waals surface area contributed by atoms with Crippen LogP contribution in [0.25, 0.3) is 0 Å². The molecule has 1 aromatic carbocycles. The first-order valence-corrected chi connectivity index (χ1v) is 9.50. The number of nitrogens with zero attached hydrogens (tertiary/aromatic N) is 3. The molecule has 5 nitrogen and oxygen atoms in total. The third-order valence-corrected chi connectivity index (χ3v) is 5.64. The van der Waals surface area contributed by atoms with Crippen molar-refractivity contribution in [1.29, 1.82) is 0 Å². The summed E-state index contributed by atoms with van der Waals surface area (Å²) in [7, 11) is 0. The van der Waals surface area contributed by atoms with Crippen molar-refractivity contribution in [2.75, 3.05) is 26.2 Å². The van der Waals surface area contributed by atoms with E-state index in [1.54, 1.807) is 21.1 Å². The van der Waals surface area contributed by atoms with E-state index in [0.29, 0.717) is 19.6 Å². The highest BCUT2D eigenvalue weighted by atomic mass is 32.1. The molecule has 1 unspecified atom stereocenters. The second-order valence-corrected chi connectivity index (χ2v) is 7.43. The molecule has 0 radical (unpaired) electrons. The summed E-state index contributed by atoms with van der Waals surface area (Å²) < 4.78 is 0. The molecule has 1 atom stereocenters. The minimum absolute atomic E-state index is 0.0655. The fourth-order valence-electron chi connectivity index (χ4n) is 3.61. The smallest absolute Gasteiger partial charge is 0.247 e. The molecule has 2 aromatic rings. The van der Waals surface area contributed by atoms with Crippen LogP contribution < -0.4 is 0 Å². The summed E-state index contributed by atoms with van der Waals surface area (Å²) >= 11 is 1.69. The second-order valence-electron chi connectivity index (χ2n) is 6.65. The normalized spacial score (nSPS) is 21.5. The third-order valence-electron chi connectivity index (χ3n) is 4.91. The van der Waals surface area contributed by atoms with Gasteiger partial charge in [0.1, 0.15) is 12.6 Å². The summed E-state index contributed by atoms with van der Waals surface area (Å²) in [6.45, 7) is 3.61. The molecule has 2 amide bonds. The van der Waals surface area contributed by atoms with E-state index in [2.05, 4.69) is 21.7 Å². The van der Waals surface area contributed by atoms with E-state index >= 15 is 0 Å². The second kappa shape index (κ2) is 6.98. The summed E-state index contributed by atoms with van der Waals surface area (Å²) in [6, 6.07) is 11.6. The van der Waals surface area contributed by atoms with Gasteiger partial charge in [0.05, 0.1) is 0 Å². The van der Waals surface area contributed by atoms with E-state index < -0.39 is 0 Å². The molecule has 6 heteroatoms. The molecule has 4 rings (SSSR count). The highest BCUT2D eigenvalue weighted by Crippen LogP contribution is 2.21. The Morgan fingerprint density at radius 2 is 1.84 bits per heavy atom. The minimum Gasteiger partial charge on any atom is -0.327 e. The summed E-state index contributed by atoms with van der Waals surface area (Å²) in [4.78, 5) is 31.2. The van der Waals surface area contributed by atoms with Crippen LogP contribution in [-0.4, -0.2) is 58.7 Å². The first-order chi connectivity index (χ1) is 12.2. The zero-order valence-corrected chi connectivity index (χ0v) is 14.8. The van der Waals surface area contributed by atoms with Gasteiger partial charge in [-0.05, 0) is 28.0 Å². The highest BCUT2D eigenvalue weighted by Gasteiger charge is 2.42. The van der Waals surface area contributed by atoms with E-state index in [-0.39, 0.29) is 24.4 Å². The number of amides is 2. The topological polar surface area (TPSA) is 43.9 Å². The predicted octanol–water partition coefficient (Wildman–Crippen LogP) is 1.80. The number of rotatable bonds is 4. The number of thiophene rings is 1. The number of benzene rings is 1. The molecule has 0 saturated carbocycles. The van der Waals surface area contributed by atoms with Gasteiger partial charge < -0.3 is 9.80 Å². The van der Waals surface area contributed by atoms with Crippen LogP contribution in [0.5, 0.6) is 0 Å². The minimum atomic E-state index is -0.350. The van der Waals surface area contributed by atoms with Crippen molar-refractivity contribution in [3.8, 4) is 0 Å².